The maximum atomic E-state index is 13.5. The van der Waals surface area contributed by atoms with Crippen LogP contribution in [0.3, 0.4) is 0 Å². The summed E-state index contributed by atoms with van der Waals surface area (Å²) in [7, 11) is 0. The number of piperidine rings is 1. The maximum absolute atomic E-state index is 13.5. The number of amides is 1. The van der Waals surface area contributed by atoms with Crippen LogP contribution < -0.4 is 4.74 Å². The van der Waals surface area contributed by atoms with Crippen molar-refractivity contribution in [3.63, 3.8) is 0 Å². The highest BCUT2D eigenvalue weighted by atomic mass is 19.2. The zero-order valence-corrected chi connectivity index (χ0v) is 12.3. The minimum atomic E-state index is -1.65. The Bertz CT molecular complexity index is 543. The standard InChI is InChI=1S/C15H17F4NO2/c1-8-4-3-5-9(2)20(8)12(21)7-22-15-13(18)10(16)6-11(17)14(15)19/h6,8-9H,3-5,7H2,1-2H3. The van der Waals surface area contributed by atoms with E-state index in [4.69, 9.17) is 4.74 Å². The second-order valence-corrected chi connectivity index (χ2v) is 5.52. The lowest BCUT2D eigenvalue weighted by Crippen LogP contribution is -2.49. The predicted octanol–water partition coefficient (Wildman–Crippen LogP) is 3.41. The van der Waals surface area contributed by atoms with E-state index in [2.05, 4.69) is 0 Å². The molecule has 3 nitrogen and oxygen atoms in total. The van der Waals surface area contributed by atoms with Crippen molar-refractivity contribution in [2.45, 2.75) is 45.2 Å². The molecule has 0 aliphatic carbocycles. The molecule has 0 N–H and O–H groups in total. The van der Waals surface area contributed by atoms with E-state index in [-0.39, 0.29) is 18.2 Å². The summed E-state index contributed by atoms with van der Waals surface area (Å²) in [5.74, 6) is -8.11. The number of benzene rings is 1. The fourth-order valence-corrected chi connectivity index (χ4v) is 2.80. The number of ether oxygens (including phenoxy) is 1. The third-order valence-corrected chi connectivity index (χ3v) is 3.89. The molecule has 1 aliphatic heterocycles. The van der Waals surface area contributed by atoms with E-state index in [1.165, 1.54) is 0 Å². The zero-order valence-electron chi connectivity index (χ0n) is 12.3. The third-order valence-electron chi connectivity index (χ3n) is 3.89. The molecular weight excluding hydrogens is 302 g/mol. The van der Waals surface area contributed by atoms with Crippen molar-refractivity contribution in [1.82, 2.24) is 4.90 Å². The van der Waals surface area contributed by atoms with Crippen molar-refractivity contribution in [3.8, 4) is 5.75 Å². The molecule has 7 heteroatoms. The molecule has 2 rings (SSSR count). The first-order chi connectivity index (χ1) is 10.3. The molecule has 1 aromatic rings. The highest BCUT2D eigenvalue weighted by molar-refractivity contribution is 5.78. The molecule has 1 saturated heterocycles. The fraction of sp³-hybridized carbons (Fsp3) is 0.533. The predicted molar refractivity (Wildman–Crippen MR) is 71.4 cm³/mol. The molecule has 0 saturated carbocycles. The van der Waals surface area contributed by atoms with Crippen LogP contribution in [0.5, 0.6) is 5.75 Å². The number of rotatable bonds is 3. The molecule has 0 radical (unpaired) electrons. The van der Waals surface area contributed by atoms with Crippen LogP contribution in [0.2, 0.25) is 0 Å². The van der Waals surface area contributed by atoms with Crippen molar-refractivity contribution in [3.05, 3.63) is 29.3 Å². The lowest BCUT2D eigenvalue weighted by atomic mass is 9.97. The Kier molecular flexibility index (Phi) is 4.93. The summed E-state index contributed by atoms with van der Waals surface area (Å²) in [6.07, 6.45) is 2.64. The summed E-state index contributed by atoms with van der Waals surface area (Å²) in [5, 5.41) is 0. The van der Waals surface area contributed by atoms with E-state index < -0.39 is 41.5 Å². The number of halogens is 4. The number of carbonyl (C=O) groups excluding carboxylic acids is 1. The van der Waals surface area contributed by atoms with E-state index in [0.29, 0.717) is 0 Å². The second-order valence-electron chi connectivity index (χ2n) is 5.52. The first-order valence-electron chi connectivity index (χ1n) is 7.09. The molecule has 1 amide bonds. The van der Waals surface area contributed by atoms with E-state index >= 15 is 0 Å². The van der Waals surface area contributed by atoms with Crippen LogP contribution in [0.1, 0.15) is 33.1 Å². The second kappa shape index (κ2) is 6.54. The Morgan fingerprint density at radius 1 is 1.14 bits per heavy atom. The van der Waals surface area contributed by atoms with Gasteiger partial charge in [-0.2, -0.15) is 8.78 Å². The molecule has 2 unspecified atom stereocenters. The Hall–Kier alpha value is -1.79. The van der Waals surface area contributed by atoms with Gasteiger partial charge in [0.1, 0.15) is 0 Å². The van der Waals surface area contributed by atoms with Crippen LogP contribution in [0.25, 0.3) is 0 Å². The minimum Gasteiger partial charge on any atom is -0.477 e. The molecule has 1 heterocycles. The van der Waals surface area contributed by atoms with Gasteiger partial charge in [-0.05, 0) is 33.1 Å². The average molecular weight is 319 g/mol. The van der Waals surface area contributed by atoms with Gasteiger partial charge >= 0.3 is 0 Å². The number of nitrogens with zero attached hydrogens (tertiary/aromatic N) is 1. The number of hydrogen-bond acceptors (Lipinski definition) is 2. The molecular formula is C15H17F4NO2. The van der Waals surface area contributed by atoms with Gasteiger partial charge in [-0.15, -0.1) is 0 Å². The quantitative estimate of drug-likeness (QED) is 0.631. The van der Waals surface area contributed by atoms with Crippen molar-refractivity contribution in [1.29, 1.82) is 0 Å². The number of carbonyl (C=O) groups is 1. The van der Waals surface area contributed by atoms with Gasteiger partial charge in [-0.1, -0.05) is 0 Å². The fourth-order valence-electron chi connectivity index (χ4n) is 2.80. The lowest BCUT2D eigenvalue weighted by Gasteiger charge is -2.38. The summed E-state index contributed by atoms with van der Waals surface area (Å²) in [6.45, 7) is 3.07. The largest absolute Gasteiger partial charge is 0.477 e. The summed E-state index contributed by atoms with van der Waals surface area (Å²) < 4.78 is 57.8. The van der Waals surface area contributed by atoms with Crippen LogP contribution in [0, 0.1) is 23.3 Å². The first-order valence-corrected chi connectivity index (χ1v) is 7.09. The van der Waals surface area contributed by atoms with E-state index in [1.54, 1.807) is 4.90 Å². The number of likely N-dealkylation sites (tertiary alicyclic amines) is 1. The lowest BCUT2D eigenvalue weighted by molar-refractivity contribution is -0.139. The van der Waals surface area contributed by atoms with Crippen molar-refractivity contribution < 1.29 is 27.1 Å². The van der Waals surface area contributed by atoms with Crippen LogP contribution in [0.4, 0.5) is 17.6 Å². The van der Waals surface area contributed by atoms with Crippen molar-refractivity contribution in [2.75, 3.05) is 6.61 Å². The Balaban J connectivity index is 2.11. The summed E-state index contributed by atoms with van der Waals surface area (Å²) in [6, 6.07) is 0.0614. The molecule has 2 atom stereocenters. The van der Waals surface area contributed by atoms with E-state index in [9.17, 15) is 22.4 Å². The molecule has 22 heavy (non-hydrogen) atoms. The van der Waals surface area contributed by atoms with Gasteiger partial charge in [0.15, 0.2) is 24.0 Å². The van der Waals surface area contributed by atoms with E-state index in [1.807, 2.05) is 13.8 Å². The highest BCUT2D eigenvalue weighted by Gasteiger charge is 2.30. The third kappa shape index (κ3) is 3.18. The van der Waals surface area contributed by atoms with E-state index in [0.717, 1.165) is 19.3 Å². The smallest absolute Gasteiger partial charge is 0.260 e. The van der Waals surface area contributed by atoms with Crippen molar-refractivity contribution in [2.24, 2.45) is 0 Å². The van der Waals surface area contributed by atoms with Crippen molar-refractivity contribution >= 4 is 5.91 Å². The van der Waals surface area contributed by atoms with Crippen LogP contribution >= 0.6 is 0 Å². The monoisotopic (exact) mass is 319 g/mol. The first kappa shape index (κ1) is 16.6. The Labute approximate surface area is 125 Å². The minimum absolute atomic E-state index is 0.0150. The Morgan fingerprint density at radius 2 is 1.64 bits per heavy atom. The summed E-state index contributed by atoms with van der Waals surface area (Å²) in [5.41, 5.74) is 0. The molecule has 0 bridgehead atoms. The molecule has 1 aromatic carbocycles. The molecule has 122 valence electrons. The average Bonchev–Trinajstić information content (AvgIpc) is 2.45. The van der Waals surface area contributed by atoms with Gasteiger partial charge in [-0.3, -0.25) is 4.79 Å². The molecule has 1 aliphatic rings. The van der Waals surface area contributed by atoms with Gasteiger partial charge in [0.25, 0.3) is 5.91 Å². The van der Waals surface area contributed by atoms with Crippen LogP contribution in [-0.4, -0.2) is 29.5 Å². The zero-order chi connectivity index (χ0) is 16.4. The topological polar surface area (TPSA) is 29.5 Å². The molecule has 0 spiro atoms. The van der Waals surface area contributed by atoms with Gasteiger partial charge in [0, 0.05) is 18.2 Å². The normalized spacial score (nSPS) is 21.8. The Morgan fingerprint density at radius 3 is 2.14 bits per heavy atom. The van der Waals surface area contributed by atoms with Gasteiger partial charge in [0.05, 0.1) is 0 Å². The van der Waals surface area contributed by atoms with Gasteiger partial charge in [-0.25, -0.2) is 8.78 Å². The molecule has 1 fully saturated rings. The summed E-state index contributed by atoms with van der Waals surface area (Å²) in [4.78, 5) is 13.7. The number of hydrogen-bond donors (Lipinski definition) is 0. The highest BCUT2D eigenvalue weighted by Crippen LogP contribution is 2.27. The van der Waals surface area contributed by atoms with Crippen LogP contribution in [0.15, 0.2) is 6.07 Å². The molecule has 0 aromatic heterocycles. The van der Waals surface area contributed by atoms with Crippen LogP contribution in [-0.2, 0) is 4.79 Å². The van der Waals surface area contributed by atoms with Gasteiger partial charge < -0.3 is 9.64 Å². The summed E-state index contributed by atoms with van der Waals surface area (Å²) >= 11 is 0. The van der Waals surface area contributed by atoms with Gasteiger partial charge in [0.2, 0.25) is 11.6 Å². The SMILES string of the molecule is CC1CCCC(C)N1C(=O)COc1c(F)c(F)cc(F)c1F. The maximum Gasteiger partial charge on any atom is 0.260 e.